The number of benzene rings is 2. The van der Waals surface area contributed by atoms with Gasteiger partial charge in [-0.05, 0) is 24.3 Å². The molecule has 0 aliphatic rings. The second-order valence-electron chi connectivity index (χ2n) is 5.58. The van der Waals surface area contributed by atoms with Gasteiger partial charge in [0.2, 0.25) is 5.78 Å². The van der Waals surface area contributed by atoms with Crippen LogP contribution in [0.2, 0.25) is 0 Å². The molecule has 0 N–H and O–H groups in total. The number of methoxy groups -OCH3 is 2. The molecule has 0 saturated carbocycles. The van der Waals surface area contributed by atoms with Crippen molar-refractivity contribution in [3.05, 3.63) is 58.6 Å². The number of rotatable bonds is 4. The fourth-order valence-electron chi connectivity index (χ4n) is 3.03. The monoisotopic (exact) mass is 370 g/mol. The summed E-state index contributed by atoms with van der Waals surface area (Å²) in [5.41, 5.74) is 0.987. The first-order valence-corrected chi connectivity index (χ1v) is 8.39. The molecule has 2 heterocycles. The van der Waals surface area contributed by atoms with Gasteiger partial charge in [0.1, 0.15) is 11.5 Å². The predicted molar refractivity (Wildman–Crippen MR) is 98.8 cm³/mol. The third kappa shape index (κ3) is 2.32. The molecule has 4 rings (SSSR count). The van der Waals surface area contributed by atoms with Gasteiger partial charge >= 0.3 is 0 Å². The van der Waals surface area contributed by atoms with E-state index in [1.165, 1.54) is 4.57 Å². The summed E-state index contributed by atoms with van der Waals surface area (Å²) in [7, 11) is 3.11. The van der Waals surface area contributed by atoms with Crippen molar-refractivity contribution >= 4 is 28.3 Å². The molecular weight excluding hydrogens is 356 g/mol. The van der Waals surface area contributed by atoms with Crippen molar-refractivity contribution < 1.29 is 9.47 Å². The Balaban J connectivity index is 2.22. The number of fused-ring (bicyclic) bond motifs is 3. The third-order valence-corrected chi connectivity index (χ3v) is 4.48. The smallest absolute Gasteiger partial charge is 0.267 e. The van der Waals surface area contributed by atoms with Crippen LogP contribution in [0.4, 0.5) is 0 Å². The van der Waals surface area contributed by atoms with Crippen LogP contribution in [-0.2, 0) is 5.88 Å². The molecule has 0 fully saturated rings. The van der Waals surface area contributed by atoms with Gasteiger partial charge in [0, 0.05) is 6.07 Å². The lowest BCUT2D eigenvalue weighted by Gasteiger charge is -2.15. The number of halogens is 1. The van der Waals surface area contributed by atoms with Crippen molar-refractivity contribution in [2.24, 2.45) is 0 Å². The highest BCUT2D eigenvalue weighted by molar-refractivity contribution is 6.16. The molecule has 0 spiro atoms. The lowest BCUT2D eigenvalue weighted by Crippen LogP contribution is -2.22. The van der Waals surface area contributed by atoms with E-state index in [9.17, 15) is 4.79 Å². The van der Waals surface area contributed by atoms with Gasteiger partial charge in [-0.2, -0.15) is 0 Å². The molecule has 0 aliphatic heterocycles. The SMILES string of the molecule is COc1ccc(OC)c(-n2c(=O)c3ccccc3n3c(CCl)nnc23)c1. The summed E-state index contributed by atoms with van der Waals surface area (Å²) in [4.78, 5) is 13.3. The number of ether oxygens (including phenoxy) is 2. The van der Waals surface area contributed by atoms with Gasteiger partial charge in [0.25, 0.3) is 5.56 Å². The van der Waals surface area contributed by atoms with Crippen LogP contribution in [0.3, 0.4) is 0 Å². The van der Waals surface area contributed by atoms with Crippen LogP contribution in [0.1, 0.15) is 5.82 Å². The van der Waals surface area contributed by atoms with Crippen molar-refractivity contribution in [3.63, 3.8) is 0 Å². The number of aromatic nitrogens is 4. The molecule has 0 atom stereocenters. The predicted octanol–water partition coefficient (Wildman–Crippen LogP) is 2.79. The van der Waals surface area contributed by atoms with E-state index in [1.807, 2.05) is 18.2 Å². The Morgan fingerprint density at radius 3 is 2.62 bits per heavy atom. The van der Waals surface area contributed by atoms with Crippen molar-refractivity contribution in [2.45, 2.75) is 5.88 Å². The minimum atomic E-state index is -0.229. The van der Waals surface area contributed by atoms with E-state index in [-0.39, 0.29) is 11.4 Å². The quantitative estimate of drug-likeness (QED) is 0.516. The number of nitrogens with zero attached hydrogens (tertiary/aromatic N) is 4. The second kappa shape index (κ2) is 6.34. The van der Waals surface area contributed by atoms with Crippen molar-refractivity contribution in [1.29, 1.82) is 0 Å². The summed E-state index contributed by atoms with van der Waals surface area (Å²) in [5.74, 6) is 2.18. The molecule has 2 aromatic heterocycles. The Hall–Kier alpha value is -3.06. The van der Waals surface area contributed by atoms with Crippen LogP contribution >= 0.6 is 11.6 Å². The molecule has 0 unspecified atom stereocenters. The highest BCUT2D eigenvalue weighted by Crippen LogP contribution is 2.28. The van der Waals surface area contributed by atoms with Gasteiger partial charge in [-0.1, -0.05) is 12.1 Å². The highest BCUT2D eigenvalue weighted by atomic mass is 35.5. The zero-order chi connectivity index (χ0) is 18.3. The van der Waals surface area contributed by atoms with Gasteiger partial charge in [0.05, 0.1) is 36.7 Å². The fraction of sp³-hybridized carbons (Fsp3) is 0.167. The molecule has 0 radical (unpaired) electrons. The molecule has 26 heavy (non-hydrogen) atoms. The molecule has 2 aromatic carbocycles. The van der Waals surface area contributed by atoms with Crippen molar-refractivity contribution in [3.8, 4) is 17.2 Å². The van der Waals surface area contributed by atoms with E-state index in [4.69, 9.17) is 21.1 Å². The van der Waals surface area contributed by atoms with Gasteiger partial charge in [-0.15, -0.1) is 21.8 Å². The van der Waals surface area contributed by atoms with Gasteiger partial charge in [0.15, 0.2) is 5.82 Å². The molecule has 0 saturated heterocycles. The van der Waals surface area contributed by atoms with E-state index in [2.05, 4.69) is 10.2 Å². The first-order valence-electron chi connectivity index (χ1n) is 7.85. The summed E-state index contributed by atoms with van der Waals surface area (Å²) < 4.78 is 14.0. The average Bonchev–Trinajstić information content (AvgIpc) is 3.12. The highest BCUT2D eigenvalue weighted by Gasteiger charge is 2.19. The molecule has 0 amide bonds. The van der Waals surface area contributed by atoms with E-state index >= 15 is 0 Å². The minimum absolute atomic E-state index is 0.165. The van der Waals surface area contributed by atoms with Crippen molar-refractivity contribution in [2.75, 3.05) is 14.2 Å². The average molecular weight is 371 g/mol. The molecule has 8 heteroatoms. The van der Waals surface area contributed by atoms with Crippen LogP contribution in [-0.4, -0.2) is 33.4 Å². The number of hydrogen-bond acceptors (Lipinski definition) is 5. The molecule has 7 nitrogen and oxygen atoms in total. The Kier molecular flexibility index (Phi) is 4.00. The summed E-state index contributed by atoms with van der Waals surface area (Å²) in [6.45, 7) is 0. The normalized spacial score (nSPS) is 11.2. The minimum Gasteiger partial charge on any atom is -0.497 e. The topological polar surface area (TPSA) is 70.7 Å². The molecular formula is C18H15ClN4O3. The Labute approximate surface area is 153 Å². The lowest BCUT2D eigenvalue weighted by atomic mass is 10.2. The summed E-state index contributed by atoms with van der Waals surface area (Å²) >= 11 is 6.04. The number of para-hydroxylation sites is 1. The van der Waals surface area contributed by atoms with Gasteiger partial charge in [-0.25, -0.2) is 4.57 Å². The van der Waals surface area contributed by atoms with Crippen LogP contribution in [0.5, 0.6) is 11.5 Å². The zero-order valence-electron chi connectivity index (χ0n) is 14.1. The Morgan fingerprint density at radius 2 is 1.88 bits per heavy atom. The first-order chi connectivity index (χ1) is 12.7. The van der Waals surface area contributed by atoms with Crippen LogP contribution in [0.15, 0.2) is 47.3 Å². The maximum atomic E-state index is 13.3. The molecule has 0 bridgehead atoms. The molecule has 132 valence electrons. The van der Waals surface area contributed by atoms with Crippen LogP contribution in [0, 0.1) is 0 Å². The summed E-state index contributed by atoms with van der Waals surface area (Å²) in [5, 5.41) is 8.87. The van der Waals surface area contributed by atoms with E-state index in [0.717, 1.165) is 0 Å². The van der Waals surface area contributed by atoms with Gasteiger partial charge in [-0.3, -0.25) is 9.20 Å². The van der Waals surface area contributed by atoms with Gasteiger partial charge < -0.3 is 9.47 Å². The van der Waals surface area contributed by atoms with E-state index < -0.39 is 0 Å². The lowest BCUT2D eigenvalue weighted by molar-refractivity contribution is 0.401. The first kappa shape index (κ1) is 16.4. The number of hydrogen-bond donors (Lipinski definition) is 0. The molecule has 0 aliphatic carbocycles. The largest absolute Gasteiger partial charge is 0.497 e. The van der Waals surface area contributed by atoms with E-state index in [1.54, 1.807) is 42.9 Å². The number of alkyl halides is 1. The maximum Gasteiger partial charge on any atom is 0.267 e. The summed E-state index contributed by atoms with van der Waals surface area (Å²) in [6.07, 6.45) is 0. The zero-order valence-corrected chi connectivity index (χ0v) is 14.9. The van der Waals surface area contributed by atoms with E-state index in [0.29, 0.717) is 39.7 Å². The summed E-state index contributed by atoms with van der Waals surface area (Å²) in [6, 6.07) is 12.5. The Bertz CT molecular complexity index is 1180. The third-order valence-electron chi connectivity index (χ3n) is 4.24. The molecule has 4 aromatic rings. The Morgan fingerprint density at radius 1 is 1.08 bits per heavy atom. The maximum absolute atomic E-state index is 13.3. The standard InChI is InChI=1S/C18H15ClN4O3/c1-25-11-7-8-15(26-2)14(9-11)23-17(24)12-5-3-4-6-13(12)22-16(10-19)20-21-18(22)23/h3-9H,10H2,1-2H3. The van der Waals surface area contributed by atoms with Crippen molar-refractivity contribution in [1.82, 2.24) is 19.2 Å². The van der Waals surface area contributed by atoms with Crippen LogP contribution in [0.25, 0.3) is 22.4 Å². The second-order valence-corrected chi connectivity index (χ2v) is 5.85. The fourth-order valence-corrected chi connectivity index (χ4v) is 3.21. The van der Waals surface area contributed by atoms with Crippen LogP contribution < -0.4 is 15.0 Å².